The SMILES string of the molecule is CN1CCC(CCC(=O)c2ccc(-c3ccc4c(c3)ncn4-c3cccc(NC(=O)CCC(F)(F)F)c3)cc2)CC1. The Balaban J connectivity index is 1.24. The molecular formula is C32H33F3N4O2. The number of Topliss-reactive ketones (excluding diaryl/α,β-unsaturated/α-hetero) is 1. The molecule has 1 fully saturated rings. The Kier molecular flexibility index (Phi) is 8.54. The normalized spacial score (nSPS) is 14.8. The van der Waals surface area contributed by atoms with Gasteiger partial charge >= 0.3 is 6.18 Å². The van der Waals surface area contributed by atoms with Crippen LogP contribution in [0.2, 0.25) is 0 Å². The molecule has 2 heterocycles. The van der Waals surface area contributed by atoms with Crippen LogP contribution >= 0.6 is 0 Å². The van der Waals surface area contributed by atoms with Crippen molar-refractivity contribution in [2.75, 3.05) is 25.5 Å². The number of fused-ring (bicyclic) bond motifs is 1. The molecular weight excluding hydrogens is 529 g/mol. The van der Waals surface area contributed by atoms with Crippen molar-refractivity contribution < 1.29 is 22.8 Å². The van der Waals surface area contributed by atoms with Crippen LogP contribution in [0.1, 0.15) is 48.9 Å². The number of likely N-dealkylation sites (tertiary alicyclic amines) is 1. The van der Waals surface area contributed by atoms with Crippen molar-refractivity contribution in [3.63, 3.8) is 0 Å². The molecule has 1 aliphatic rings. The highest BCUT2D eigenvalue weighted by atomic mass is 19.4. The maximum Gasteiger partial charge on any atom is 0.389 e. The molecule has 0 unspecified atom stereocenters. The number of aromatic nitrogens is 2. The van der Waals surface area contributed by atoms with Crippen LogP contribution in [-0.4, -0.2) is 52.5 Å². The van der Waals surface area contributed by atoms with E-state index in [1.807, 2.05) is 53.1 Å². The van der Waals surface area contributed by atoms with Crippen LogP contribution in [0.5, 0.6) is 0 Å². The number of ketones is 1. The Morgan fingerprint density at radius 1 is 0.951 bits per heavy atom. The van der Waals surface area contributed by atoms with Crippen LogP contribution in [0.4, 0.5) is 18.9 Å². The van der Waals surface area contributed by atoms with Gasteiger partial charge in [-0.15, -0.1) is 0 Å². The maximum atomic E-state index is 12.8. The van der Waals surface area contributed by atoms with Crippen LogP contribution < -0.4 is 5.32 Å². The standard InChI is InChI=1S/C32H33F3N4O2/c1-38-17-14-22(15-18-38)5-12-30(40)24-8-6-23(7-9-24)25-10-11-29-28(19-25)36-21-39(29)27-4-2-3-26(20-27)37-31(41)13-16-32(33,34)35/h2-4,6-11,19-22H,5,12-18H2,1H3,(H,37,41). The number of anilines is 1. The second kappa shape index (κ2) is 12.3. The third-order valence-electron chi connectivity index (χ3n) is 7.75. The Hall–Kier alpha value is -3.98. The highest BCUT2D eigenvalue weighted by Gasteiger charge is 2.28. The van der Waals surface area contributed by atoms with E-state index in [2.05, 4.69) is 22.2 Å². The van der Waals surface area contributed by atoms with E-state index in [0.717, 1.165) is 65.8 Å². The maximum absolute atomic E-state index is 12.8. The average Bonchev–Trinajstić information content (AvgIpc) is 3.39. The first-order chi connectivity index (χ1) is 19.6. The molecule has 6 nitrogen and oxygen atoms in total. The summed E-state index contributed by atoms with van der Waals surface area (Å²) in [7, 11) is 2.14. The predicted octanol–water partition coefficient (Wildman–Crippen LogP) is 7.28. The molecule has 0 aliphatic carbocycles. The topological polar surface area (TPSA) is 67.2 Å². The summed E-state index contributed by atoms with van der Waals surface area (Å²) in [6, 6.07) is 20.5. The summed E-state index contributed by atoms with van der Waals surface area (Å²) in [6.07, 6.45) is -0.646. The summed E-state index contributed by atoms with van der Waals surface area (Å²) in [4.78, 5) is 31.6. The molecule has 3 aromatic carbocycles. The number of hydrogen-bond acceptors (Lipinski definition) is 4. The number of nitrogens with zero attached hydrogens (tertiary/aromatic N) is 3. The molecule has 1 amide bonds. The number of rotatable bonds is 9. The molecule has 41 heavy (non-hydrogen) atoms. The second-order valence-corrected chi connectivity index (χ2v) is 10.8. The molecule has 1 aromatic heterocycles. The minimum Gasteiger partial charge on any atom is -0.326 e. The van der Waals surface area contributed by atoms with Gasteiger partial charge in [-0.2, -0.15) is 13.2 Å². The van der Waals surface area contributed by atoms with Crippen molar-refractivity contribution in [3.05, 3.63) is 78.6 Å². The number of halogens is 3. The van der Waals surface area contributed by atoms with Gasteiger partial charge in [-0.1, -0.05) is 36.4 Å². The third kappa shape index (κ3) is 7.41. The fraction of sp³-hybridized carbons (Fsp3) is 0.344. The van der Waals surface area contributed by atoms with E-state index < -0.39 is 24.9 Å². The van der Waals surface area contributed by atoms with Gasteiger partial charge in [-0.05, 0) is 86.8 Å². The molecule has 214 valence electrons. The summed E-state index contributed by atoms with van der Waals surface area (Å²) in [5.41, 5.74) is 5.43. The largest absolute Gasteiger partial charge is 0.389 e. The van der Waals surface area contributed by atoms with E-state index in [4.69, 9.17) is 0 Å². The molecule has 5 rings (SSSR count). The summed E-state index contributed by atoms with van der Waals surface area (Å²) in [5, 5.41) is 2.54. The van der Waals surface area contributed by atoms with Gasteiger partial charge in [0, 0.05) is 29.8 Å². The Morgan fingerprint density at radius 2 is 1.68 bits per heavy atom. The lowest BCUT2D eigenvalue weighted by Gasteiger charge is -2.28. The minimum absolute atomic E-state index is 0.184. The Morgan fingerprint density at radius 3 is 2.41 bits per heavy atom. The van der Waals surface area contributed by atoms with E-state index >= 15 is 0 Å². The predicted molar refractivity (Wildman–Crippen MR) is 154 cm³/mol. The number of hydrogen-bond donors (Lipinski definition) is 1. The van der Waals surface area contributed by atoms with Gasteiger partial charge < -0.3 is 10.2 Å². The monoisotopic (exact) mass is 562 g/mol. The lowest BCUT2D eigenvalue weighted by atomic mass is 9.90. The van der Waals surface area contributed by atoms with Crippen LogP contribution in [0.3, 0.4) is 0 Å². The zero-order valence-corrected chi connectivity index (χ0v) is 23.0. The van der Waals surface area contributed by atoms with Crippen LogP contribution in [-0.2, 0) is 4.79 Å². The molecule has 0 radical (unpaired) electrons. The van der Waals surface area contributed by atoms with E-state index in [1.165, 1.54) is 0 Å². The number of alkyl halides is 3. The summed E-state index contributed by atoms with van der Waals surface area (Å²) in [5.74, 6) is 0.124. The number of carbonyl (C=O) groups excluding carboxylic acids is 2. The molecule has 0 spiro atoms. The van der Waals surface area contributed by atoms with Crippen LogP contribution in [0.15, 0.2) is 73.1 Å². The van der Waals surface area contributed by atoms with Gasteiger partial charge in [0.1, 0.15) is 6.33 Å². The summed E-state index contributed by atoms with van der Waals surface area (Å²) < 4.78 is 39.2. The van der Waals surface area contributed by atoms with Crippen LogP contribution in [0.25, 0.3) is 27.8 Å². The number of nitrogens with one attached hydrogen (secondary N) is 1. The number of benzene rings is 3. The summed E-state index contributed by atoms with van der Waals surface area (Å²) in [6.45, 7) is 2.21. The lowest BCUT2D eigenvalue weighted by molar-refractivity contribution is -0.142. The molecule has 0 atom stereocenters. The van der Waals surface area contributed by atoms with Crippen molar-refractivity contribution >= 4 is 28.4 Å². The van der Waals surface area contributed by atoms with Gasteiger partial charge in [0.15, 0.2) is 5.78 Å². The number of piperidine rings is 1. The van der Waals surface area contributed by atoms with E-state index in [0.29, 0.717) is 18.0 Å². The molecule has 0 saturated carbocycles. The first-order valence-corrected chi connectivity index (χ1v) is 13.9. The number of carbonyl (C=O) groups is 2. The third-order valence-corrected chi connectivity index (χ3v) is 7.75. The van der Waals surface area contributed by atoms with Gasteiger partial charge in [-0.25, -0.2) is 4.98 Å². The van der Waals surface area contributed by atoms with E-state index in [9.17, 15) is 22.8 Å². The van der Waals surface area contributed by atoms with Gasteiger partial charge in [0.2, 0.25) is 5.91 Å². The fourth-order valence-corrected chi connectivity index (χ4v) is 5.29. The Bertz CT molecular complexity index is 1520. The molecule has 1 N–H and O–H groups in total. The van der Waals surface area contributed by atoms with Crippen LogP contribution in [0, 0.1) is 5.92 Å². The molecule has 9 heteroatoms. The van der Waals surface area contributed by atoms with Gasteiger partial charge in [0.25, 0.3) is 0 Å². The van der Waals surface area contributed by atoms with Crippen molar-refractivity contribution in [3.8, 4) is 16.8 Å². The number of imidazole rings is 1. The molecule has 1 saturated heterocycles. The van der Waals surface area contributed by atoms with E-state index in [1.54, 1.807) is 24.5 Å². The quantitative estimate of drug-likeness (QED) is 0.218. The van der Waals surface area contributed by atoms with Gasteiger partial charge in [-0.3, -0.25) is 14.2 Å². The molecule has 1 aliphatic heterocycles. The van der Waals surface area contributed by atoms with E-state index in [-0.39, 0.29) is 5.78 Å². The molecule has 4 aromatic rings. The first kappa shape index (κ1) is 28.5. The minimum atomic E-state index is -4.38. The second-order valence-electron chi connectivity index (χ2n) is 10.8. The average molecular weight is 563 g/mol. The Labute approximate surface area is 237 Å². The highest BCUT2D eigenvalue weighted by molar-refractivity contribution is 5.96. The smallest absolute Gasteiger partial charge is 0.326 e. The van der Waals surface area contributed by atoms with Crippen molar-refractivity contribution in [1.29, 1.82) is 0 Å². The van der Waals surface area contributed by atoms with Crippen molar-refractivity contribution in [2.45, 2.75) is 44.7 Å². The first-order valence-electron chi connectivity index (χ1n) is 13.9. The molecule has 0 bridgehead atoms. The zero-order valence-electron chi connectivity index (χ0n) is 23.0. The fourth-order valence-electron chi connectivity index (χ4n) is 5.29. The number of amides is 1. The zero-order chi connectivity index (χ0) is 29.0. The van der Waals surface area contributed by atoms with Gasteiger partial charge in [0.05, 0.1) is 17.5 Å². The lowest BCUT2D eigenvalue weighted by Crippen LogP contribution is -2.30. The van der Waals surface area contributed by atoms with Crippen molar-refractivity contribution in [1.82, 2.24) is 14.5 Å². The highest BCUT2D eigenvalue weighted by Crippen LogP contribution is 2.28. The summed E-state index contributed by atoms with van der Waals surface area (Å²) >= 11 is 0. The van der Waals surface area contributed by atoms with Crippen molar-refractivity contribution in [2.24, 2.45) is 5.92 Å².